The molecule has 2 aromatic heterocycles. The molecule has 0 fully saturated rings. The number of benzene rings is 1. The highest BCUT2D eigenvalue weighted by atomic mass is 32.1. The minimum atomic E-state index is -0.0236. The summed E-state index contributed by atoms with van der Waals surface area (Å²) < 4.78 is 0. The molecule has 3 rings (SSSR count). The normalized spacial score (nSPS) is 11.3. The van der Waals surface area contributed by atoms with Crippen molar-refractivity contribution in [2.24, 2.45) is 0 Å². The molecule has 5 heteroatoms. The number of aromatic amines is 1. The van der Waals surface area contributed by atoms with E-state index in [9.17, 15) is 4.79 Å². The number of pyridine rings is 1. The monoisotopic (exact) mass is 327 g/mol. The van der Waals surface area contributed by atoms with E-state index in [4.69, 9.17) is 0 Å². The summed E-state index contributed by atoms with van der Waals surface area (Å²) in [6.07, 6.45) is 0.966. The Kier molecular flexibility index (Phi) is 4.59. The highest BCUT2D eigenvalue weighted by Gasteiger charge is 2.06. The molecule has 0 saturated carbocycles. The van der Waals surface area contributed by atoms with Crippen molar-refractivity contribution in [2.45, 2.75) is 40.3 Å². The van der Waals surface area contributed by atoms with Crippen LogP contribution in [0.15, 0.2) is 28.4 Å². The Morgan fingerprint density at radius 2 is 2.04 bits per heavy atom. The molecule has 1 aromatic carbocycles. The lowest BCUT2D eigenvalue weighted by molar-refractivity contribution is 0.676. The van der Waals surface area contributed by atoms with Gasteiger partial charge in [-0.1, -0.05) is 18.6 Å². The summed E-state index contributed by atoms with van der Waals surface area (Å²) in [7, 11) is 0. The summed E-state index contributed by atoms with van der Waals surface area (Å²) >= 11 is 1.68. The molecule has 0 spiro atoms. The van der Waals surface area contributed by atoms with E-state index in [2.05, 4.69) is 46.6 Å². The number of hydrogen-bond acceptors (Lipinski definition) is 4. The van der Waals surface area contributed by atoms with Crippen molar-refractivity contribution >= 4 is 22.2 Å². The summed E-state index contributed by atoms with van der Waals surface area (Å²) in [5.74, 6) is 0. The average molecular weight is 327 g/mol. The fourth-order valence-corrected chi connectivity index (χ4v) is 3.53. The van der Waals surface area contributed by atoms with E-state index >= 15 is 0 Å². The lowest BCUT2D eigenvalue weighted by atomic mass is 10.1. The molecule has 0 aliphatic rings. The standard InChI is InChI=1S/C18H21N3OS/c1-4-16-20-15(10-23-16)9-19-8-14-7-13-6-11(2)5-12(3)17(13)21-18(14)22/h5-7,10,19H,4,8-9H2,1-3H3,(H,21,22). The van der Waals surface area contributed by atoms with E-state index in [1.54, 1.807) is 11.3 Å². The number of H-pyrrole nitrogens is 1. The fraction of sp³-hybridized carbons (Fsp3) is 0.333. The first-order chi connectivity index (χ1) is 11.1. The minimum Gasteiger partial charge on any atom is -0.321 e. The van der Waals surface area contributed by atoms with Crippen LogP contribution in [0.1, 0.15) is 34.3 Å². The number of rotatable bonds is 5. The number of nitrogens with zero attached hydrogens (tertiary/aromatic N) is 1. The predicted molar refractivity (Wildman–Crippen MR) is 96.1 cm³/mol. The van der Waals surface area contributed by atoms with Crippen molar-refractivity contribution < 1.29 is 0 Å². The van der Waals surface area contributed by atoms with Crippen LogP contribution in [0.4, 0.5) is 0 Å². The van der Waals surface area contributed by atoms with E-state index in [1.807, 2.05) is 13.0 Å². The van der Waals surface area contributed by atoms with Gasteiger partial charge < -0.3 is 10.3 Å². The third-order valence-corrected chi connectivity index (χ3v) is 4.94. The maximum Gasteiger partial charge on any atom is 0.252 e. The van der Waals surface area contributed by atoms with Crippen molar-refractivity contribution in [1.29, 1.82) is 0 Å². The highest BCUT2D eigenvalue weighted by Crippen LogP contribution is 2.18. The molecule has 0 amide bonds. The second-order valence-electron chi connectivity index (χ2n) is 5.86. The molecule has 0 radical (unpaired) electrons. The Hall–Kier alpha value is -1.98. The third-order valence-electron chi connectivity index (χ3n) is 3.89. The quantitative estimate of drug-likeness (QED) is 0.754. The Labute approximate surface area is 139 Å². The highest BCUT2D eigenvalue weighted by molar-refractivity contribution is 7.09. The van der Waals surface area contributed by atoms with Crippen LogP contribution in [0.5, 0.6) is 0 Å². The zero-order chi connectivity index (χ0) is 16.4. The van der Waals surface area contributed by atoms with Crippen molar-refractivity contribution in [3.8, 4) is 0 Å². The molecule has 0 unspecified atom stereocenters. The van der Waals surface area contributed by atoms with Crippen molar-refractivity contribution in [2.75, 3.05) is 0 Å². The van der Waals surface area contributed by atoms with Crippen molar-refractivity contribution in [3.05, 3.63) is 61.3 Å². The van der Waals surface area contributed by atoms with Gasteiger partial charge in [-0.05, 0) is 43.4 Å². The van der Waals surface area contributed by atoms with Gasteiger partial charge in [0, 0.05) is 24.0 Å². The summed E-state index contributed by atoms with van der Waals surface area (Å²) in [4.78, 5) is 19.8. The van der Waals surface area contributed by atoms with Crippen LogP contribution in [0.3, 0.4) is 0 Å². The largest absolute Gasteiger partial charge is 0.321 e. The summed E-state index contributed by atoms with van der Waals surface area (Å²) in [5, 5.41) is 7.62. The number of aromatic nitrogens is 2. The minimum absolute atomic E-state index is 0.0236. The van der Waals surface area contributed by atoms with Gasteiger partial charge in [0.05, 0.1) is 16.2 Å². The van der Waals surface area contributed by atoms with Crippen LogP contribution >= 0.6 is 11.3 Å². The first-order valence-corrected chi connectivity index (χ1v) is 8.72. The van der Waals surface area contributed by atoms with E-state index in [0.717, 1.165) is 39.2 Å². The summed E-state index contributed by atoms with van der Waals surface area (Å²) in [6.45, 7) is 7.42. The molecule has 0 saturated heterocycles. The van der Waals surface area contributed by atoms with Crippen LogP contribution in [-0.2, 0) is 19.5 Å². The number of hydrogen-bond donors (Lipinski definition) is 2. The maximum absolute atomic E-state index is 12.3. The lowest BCUT2D eigenvalue weighted by Gasteiger charge is -2.07. The Morgan fingerprint density at radius 1 is 1.22 bits per heavy atom. The van der Waals surface area contributed by atoms with Gasteiger partial charge in [0.25, 0.3) is 5.56 Å². The van der Waals surface area contributed by atoms with E-state index in [-0.39, 0.29) is 5.56 Å². The summed E-state index contributed by atoms with van der Waals surface area (Å²) in [5.41, 5.74) is 5.01. The molecule has 0 atom stereocenters. The molecule has 120 valence electrons. The van der Waals surface area contributed by atoms with Crippen LogP contribution in [0, 0.1) is 13.8 Å². The molecule has 0 aliphatic heterocycles. The molecular formula is C18H21N3OS. The van der Waals surface area contributed by atoms with Crippen LogP contribution in [0.25, 0.3) is 10.9 Å². The van der Waals surface area contributed by atoms with Gasteiger partial charge in [-0.2, -0.15) is 0 Å². The van der Waals surface area contributed by atoms with Crippen LogP contribution in [0.2, 0.25) is 0 Å². The molecule has 3 aromatic rings. The van der Waals surface area contributed by atoms with Gasteiger partial charge in [-0.3, -0.25) is 4.79 Å². The average Bonchev–Trinajstić information content (AvgIpc) is 2.97. The predicted octanol–water partition coefficient (Wildman–Crippen LogP) is 3.45. The Balaban J connectivity index is 1.77. The second kappa shape index (κ2) is 6.64. The van der Waals surface area contributed by atoms with Gasteiger partial charge in [-0.25, -0.2) is 4.98 Å². The van der Waals surface area contributed by atoms with Crippen LogP contribution < -0.4 is 10.9 Å². The molecular weight excluding hydrogens is 306 g/mol. The zero-order valence-corrected chi connectivity index (χ0v) is 14.5. The van der Waals surface area contributed by atoms with E-state index < -0.39 is 0 Å². The second-order valence-corrected chi connectivity index (χ2v) is 6.80. The van der Waals surface area contributed by atoms with E-state index in [0.29, 0.717) is 13.1 Å². The number of nitrogens with one attached hydrogen (secondary N) is 2. The molecule has 0 bridgehead atoms. The number of aryl methyl sites for hydroxylation is 3. The number of thiazole rings is 1. The van der Waals surface area contributed by atoms with Gasteiger partial charge in [0.15, 0.2) is 0 Å². The topological polar surface area (TPSA) is 57.8 Å². The fourth-order valence-electron chi connectivity index (χ4n) is 2.78. The smallest absolute Gasteiger partial charge is 0.252 e. The first kappa shape index (κ1) is 15.9. The molecule has 23 heavy (non-hydrogen) atoms. The number of fused-ring (bicyclic) bond motifs is 1. The SMILES string of the molecule is CCc1nc(CNCc2cc3cc(C)cc(C)c3[nH]c2=O)cs1. The lowest BCUT2D eigenvalue weighted by Crippen LogP contribution is -2.21. The van der Waals surface area contributed by atoms with Gasteiger partial charge in [0.2, 0.25) is 0 Å². The van der Waals surface area contributed by atoms with Crippen LogP contribution in [-0.4, -0.2) is 9.97 Å². The van der Waals surface area contributed by atoms with Gasteiger partial charge in [-0.15, -0.1) is 11.3 Å². The third kappa shape index (κ3) is 3.51. The Morgan fingerprint density at radius 3 is 2.78 bits per heavy atom. The molecule has 4 nitrogen and oxygen atoms in total. The van der Waals surface area contributed by atoms with E-state index in [1.165, 1.54) is 5.56 Å². The first-order valence-electron chi connectivity index (χ1n) is 7.84. The van der Waals surface area contributed by atoms with Gasteiger partial charge >= 0.3 is 0 Å². The zero-order valence-electron chi connectivity index (χ0n) is 13.7. The summed E-state index contributed by atoms with van der Waals surface area (Å²) in [6, 6.07) is 6.18. The van der Waals surface area contributed by atoms with Crippen molar-refractivity contribution in [1.82, 2.24) is 15.3 Å². The van der Waals surface area contributed by atoms with Gasteiger partial charge in [0.1, 0.15) is 0 Å². The maximum atomic E-state index is 12.3. The Bertz CT molecular complexity index is 895. The molecule has 2 heterocycles. The van der Waals surface area contributed by atoms with Crippen molar-refractivity contribution in [3.63, 3.8) is 0 Å². The molecule has 2 N–H and O–H groups in total. The molecule has 0 aliphatic carbocycles.